The predicted octanol–water partition coefficient (Wildman–Crippen LogP) is 6.76. The zero-order valence-corrected chi connectivity index (χ0v) is 29.9. The molecule has 3 aromatic rings. The molecule has 0 bridgehead atoms. The first kappa shape index (κ1) is 41.9. The van der Waals surface area contributed by atoms with Gasteiger partial charge in [0.1, 0.15) is 23.6 Å². The number of carbonyl (C=O) groups excluding carboxylic acids is 2. The van der Waals surface area contributed by atoms with Crippen LogP contribution < -0.4 is 25.9 Å². The van der Waals surface area contributed by atoms with Crippen molar-refractivity contribution in [3.05, 3.63) is 63.7 Å². The fraction of sp³-hybridized carbons (Fsp3) is 0.514. The van der Waals surface area contributed by atoms with Gasteiger partial charge in [0.25, 0.3) is 11.8 Å². The summed E-state index contributed by atoms with van der Waals surface area (Å²) in [6.07, 6.45) is 1.43. The third-order valence-corrected chi connectivity index (χ3v) is 6.63. The standard InChI is InChI=1S/C25H26FN5O5.5C2H6/c1-14-13-36-23-20-17(11-19(26)21(23)30-9-7-29(2)8-10-30)22(33)18(12-31(14)20)25(35)28-27-24(34)15-3-5-16(32)6-4-15;5*1-2/h3-6,11-12,14,32H,7-10,13H2,1-2H3,(H,27,34)(H,28,35);5*1-2H3. The van der Waals surface area contributed by atoms with Gasteiger partial charge in [-0.15, -0.1) is 0 Å². The minimum absolute atomic E-state index is 0.00535. The van der Waals surface area contributed by atoms with Crippen molar-refractivity contribution in [3.63, 3.8) is 0 Å². The van der Waals surface area contributed by atoms with Gasteiger partial charge < -0.3 is 24.2 Å². The number of halogens is 1. The van der Waals surface area contributed by atoms with E-state index < -0.39 is 23.1 Å². The zero-order valence-electron chi connectivity index (χ0n) is 29.9. The van der Waals surface area contributed by atoms with Crippen molar-refractivity contribution >= 4 is 28.4 Å². The number of carbonyl (C=O) groups is 2. The highest BCUT2D eigenvalue weighted by atomic mass is 19.1. The molecule has 2 aliphatic heterocycles. The highest BCUT2D eigenvalue weighted by molar-refractivity contribution is 6.02. The van der Waals surface area contributed by atoms with Crippen LogP contribution in [-0.2, 0) is 0 Å². The molecule has 3 N–H and O–H groups in total. The molecule has 258 valence electrons. The number of hydrogen-bond acceptors (Lipinski definition) is 7. The lowest BCUT2D eigenvalue weighted by atomic mass is 10.0. The summed E-state index contributed by atoms with van der Waals surface area (Å²) < 4.78 is 23.1. The van der Waals surface area contributed by atoms with Crippen molar-refractivity contribution in [2.45, 2.75) is 82.2 Å². The molecule has 1 saturated heterocycles. The first-order valence-corrected chi connectivity index (χ1v) is 16.6. The maximum atomic E-state index is 15.4. The third-order valence-electron chi connectivity index (χ3n) is 6.63. The molecule has 2 aromatic carbocycles. The van der Waals surface area contributed by atoms with Crippen LogP contribution in [0.1, 0.15) is 103 Å². The molecule has 1 fully saturated rings. The quantitative estimate of drug-likeness (QED) is 0.270. The number of likely N-dealkylation sites (N-methyl/N-ethyl adjacent to an activating group) is 1. The van der Waals surface area contributed by atoms with Gasteiger partial charge in [0.2, 0.25) is 5.43 Å². The first-order chi connectivity index (χ1) is 22.2. The van der Waals surface area contributed by atoms with Gasteiger partial charge in [-0.05, 0) is 44.3 Å². The minimum Gasteiger partial charge on any atom is -0.508 e. The summed E-state index contributed by atoms with van der Waals surface area (Å²) in [6.45, 7) is 24.9. The number of phenolic OH excluding ortho intramolecular Hbond substituents is 1. The summed E-state index contributed by atoms with van der Waals surface area (Å²) in [4.78, 5) is 42.6. The van der Waals surface area contributed by atoms with Crippen molar-refractivity contribution in [2.75, 3.05) is 44.7 Å². The maximum Gasteiger partial charge on any atom is 0.275 e. The predicted molar refractivity (Wildman–Crippen MR) is 188 cm³/mol. The monoisotopic (exact) mass is 645 g/mol. The number of nitrogens with zero attached hydrogens (tertiary/aromatic N) is 3. The Kier molecular flexibility index (Phi) is 19.7. The van der Waals surface area contributed by atoms with Crippen LogP contribution in [0.15, 0.2) is 41.3 Å². The van der Waals surface area contributed by atoms with E-state index in [2.05, 4.69) is 15.8 Å². The van der Waals surface area contributed by atoms with E-state index in [1.54, 1.807) is 4.57 Å². The van der Waals surface area contributed by atoms with Gasteiger partial charge in [-0.3, -0.25) is 25.2 Å². The van der Waals surface area contributed by atoms with Gasteiger partial charge >= 0.3 is 0 Å². The molecule has 0 aliphatic carbocycles. The Morgan fingerprint density at radius 2 is 1.39 bits per heavy atom. The number of rotatable bonds is 3. The van der Waals surface area contributed by atoms with Gasteiger partial charge in [-0.1, -0.05) is 69.2 Å². The number of aromatic nitrogens is 1. The van der Waals surface area contributed by atoms with Crippen molar-refractivity contribution in [1.29, 1.82) is 0 Å². The van der Waals surface area contributed by atoms with Crippen LogP contribution in [0, 0.1) is 5.82 Å². The van der Waals surface area contributed by atoms with Crippen molar-refractivity contribution in [3.8, 4) is 11.5 Å². The highest BCUT2D eigenvalue weighted by Crippen LogP contribution is 2.42. The Morgan fingerprint density at radius 3 is 1.93 bits per heavy atom. The molecule has 0 saturated carbocycles. The fourth-order valence-corrected chi connectivity index (χ4v) is 4.56. The number of aromatic hydroxyl groups is 1. The van der Waals surface area contributed by atoms with Crippen molar-refractivity contribution in [1.82, 2.24) is 20.3 Å². The van der Waals surface area contributed by atoms with E-state index in [0.717, 1.165) is 13.1 Å². The number of benzene rings is 2. The Hall–Kier alpha value is -4.12. The Morgan fingerprint density at radius 1 is 0.870 bits per heavy atom. The fourth-order valence-electron chi connectivity index (χ4n) is 4.56. The minimum atomic E-state index is -0.832. The molecule has 3 heterocycles. The molecule has 0 radical (unpaired) electrons. The van der Waals surface area contributed by atoms with Crippen LogP contribution in [0.3, 0.4) is 0 Å². The van der Waals surface area contributed by atoms with Crippen LogP contribution in [0.2, 0.25) is 0 Å². The maximum absolute atomic E-state index is 15.4. The number of phenols is 1. The lowest BCUT2D eigenvalue weighted by Crippen LogP contribution is -2.45. The molecular weight excluding hydrogens is 589 g/mol. The number of hydrazine groups is 1. The summed E-state index contributed by atoms with van der Waals surface area (Å²) in [6, 6.07) is 6.39. The zero-order chi connectivity index (χ0) is 35.6. The van der Waals surface area contributed by atoms with E-state index >= 15 is 4.39 Å². The number of hydrogen-bond donors (Lipinski definition) is 3. The average Bonchev–Trinajstić information content (AvgIpc) is 3.11. The number of pyridine rings is 1. The van der Waals surface area contributed by atoms with Gasteiger partial charge in [0.05, 0.1) is 16.9 Å². The molecular formula is C35H56FN5O5. The molecule has 2 amide bonds. The van der Waals surface area contributed by atoms with Crippen molar-refractivity contribution < 1.29 is 23.8 Å². The van der Waals surface area contributed by atoms with Crippen molar-refractivity contribution in [2.24, 2.45) is 0 Å². The summed E-state index contributed by atoms with van der Waals surface area (Å²) >= 11 is 0. The van der Waals surface area contributed by atoms with E-state index in [-0.39, 0.29) is 34.9 Å². The molecule has 1 atom stereocenters. The van der Waals surface area contributed by atoms with E-state index in [0.29, 0.717) is 30.0 Å². The average molecular weight is 646 g/mol. The lowest BCUT2D eigenvalue weighted by Gasteiger charge is -2.37. The molecule has 11 heteroatoms. The summed E-state index contributed by atoms with van der Waals surface area (Å²) in [5.74, 6) is -1.75. The molecule has 46 heavy (non-hydrogen) atoms. The van der Waals surface area contributed by atoms with E-state index in [9.17, 15) is 19.5 Å². The molecule has 0 spiro atoms. The second-order valence-corrected chi connectivity index (χ2v) is 9.12. The van der Waals surface area contributed by atoms with E-state index in [1.807, 2.05) is 88.1 Å². The highest BCUT2D eigenvalue weighted by Gasteiger charge is 2.31. The smallest absolute Gasteiger partial charge is 0.275 e. The Balaban J connectivity index is 0.00000185. The third kappa shape index (κ3) is 9.94. The molecule has 1 unspecified atom stereocenters. The first-order valence-electron chi connectivity index (χ1n) is 16.6. The number of anilines is 1. The van der Waals surface area contributed by atoms with E-state index in [4.69, 9.17) is 4.74 Å². The van der Waals surface area contributed by atoms with Crippen LogP contribution in [0.25, 0.3) is 10.9 Å². The second-order valence-electron chi connectivity index (χ2n) is 9.12. The largest absolute Gasteiger partial charge is 0.508 e. The Labute approximate surface area is 274 Å². The summed E-state index contributed by atoms with van der Waals surface area (Å²) in [7, 11) is 2.01. The van der Waals surface area contributed by atoms with Crippen LogP contribution >= 0.6 is 0 Å². The summed E-state index contributed by atoms with van der Waals surface area (Å²) in [5.41, 5.74) is 4.57. The number of nitrogens with one attached hydrogen (secondary N) is 2. The van der Waals surface area contributed by atoms with E-state index in [1.165, 1.54) is 36.5 Å². The summed E-state index contributed by atoms with van der Waals surface area (Å²) in [5, 5.41) is 9.39. The number of ether oxygens (including phenoxy) is 1. The van der Waals surface area contributed by atoms with Gasteiger partial charge in [-0.25, -0.2) is 4.39 Å². The normalized spacial score (nSPS) is 14.4. The number of piperazine rings is 1. The Bertz CT molecular complexity index is 1420. The molecule has 2 aliphatic rings. The SMILES string of the molecule is CC.CC.CC.CC.CC.CC1COc2c(N3CCN(C)CC3)c(F)cc3c(=O)c(C(=O)NNC(=O)c4ccc(O)cc4)cn1c23. The van der Waals surface area contributed by atoms with Crippen LogP contribution in [0.5, 0.6) is 11.5 Å². The van der Waals surface area contributed by atoms with Gasteiger partial charge in [0.15, 0.2) is 11.6 Å². The van der Waals surface area contributed by atoms with Crippen LogP contribution in [0.4, 0.5) is 10.1 Å². The topological polar surface area (TPSA) is 116 Å². The van der Waals surface area contributed by atoms with Gasteiger partial charge in [-0.2, -0.15) is 0 Å². The van der Waals surface area contributed by atoms with Crippen LogP contribution in [-0.4, -0.2) is 66.2 Å². The van der Waals surface area contributed by atoms with Gasteiger partial charge in [0, 0.05) is 37.9 Å². The molecule has 5 rings (SSSR count). The number of amides is 2. The molecule has 10 nitrogen and oxygen atoms in total. The second kappa shape index (κ2) is 21.6. The molecule has 1 aromatic heterocycles. The lowest BCUT2D eigenvalue weighted by molar-refractivity contribution is 0.0845.